The number of esters is 1. The minimum absolute atomic E-state index is 0.00458. The average Bonchev–Trinajstić information content (AvgIpc) is 2.03. The highest BCUT2D eigenvalue weighted by molar-refractivity contribution is 7.81. The molecule has 0 aromatic carbocycles. The molecule has 2 nitrogen and oxygen atoms in total. The molecule has 0 radical (unpaired) electrons. The Kier molecular flexibility index (Phi) is 7.06. The molecule has 0 aliphatic carbocycles. The molecule has 0 aliphatic rings. The number of ether oxygens (including phenoxy) is 1. The number of hydrogen-bond donors (Lipinski definition) is 1. The minimum atomic E-state index is -0.206. The van der Waals surface area contributed by atoms with Crippen LogP contribution in [0.15, 0.2) is 0 Å². The van der Waals surface area contributed by atoms with Gasteiger partial charge in [-0.3, -0.25) is 4.79 Å². The van der Waals surface area contributed by atoms with Crippen molar-refractivity contribution in [3.63, 3.8) is 0 Å². The fourth-order valence-electron chi connectivity index (χ4n) is 1.30. The summed E-state index contributed by atoms with van der Waals surface area (Å²) in [6.45, 7) is 6.22. The van der Waals surface area contributed by atoms with E-state index < -0.39 is 0 Å². The molecule has 0 saturated heterocycles. The van der Waals surface area contributed by atoms with Crippen LogP contribution in [0.4, 0.5) is 0 Å². The quantitative estimate of drug-likeness (QED) is 0.403. The molecule has 0 amide bonds. The van der Waals surface area contributed by atoms with Crippen LogP contribution in [0.2, 0.25) is 0 Å². The van der Waals surface area contributed by atoms with E-state index in [1.54, 1.807) is 0 Å². The lowest BCUT2D eigenvalue weighted by atomic mass is 9.99. The van der Waals surface area contributed by atoms with Crippen LogP contribution in [0.5, 0.6) is 0 Å². The molecule has 0 aromatic heterocycles. The SMILES string of the molecule is CCCCCC(C)(S)CCOC(C)=O. The van der Waals surface area contributed by atoms with Gasteiger partial charge in [0.2, 0.25) is 0 Å². The van der Waals surface area contributed by atoms with Crippen molar-refractivity contribution in [2.45, 2.75) is 57.6 Å². The van der Waals surface area contributed by atoms with Gasteiger partial charge >= 0.3 is 5.97 Å². The highest BCUT2D eigenvalue weighted by Crippen LogP contribution is 2.25. The van der Waals surface area contributed by atoms with Crippen LogP contribution in [0.3, 0.4) is 0 Å². The van der Waals surface area contributed by atoms with Crippen molar-refractivity contribution >= 4 is 18.6 Å². The number of carbonyl (C=O) groups is 1. The summed E-state index contributed by atoms with van der Waals surface area (Å²) in [4.78, 5) is 10.5. The summed E-state index contributed by atoms with van der Waals surface area (Å²) < 4.78 is 4.90. The lowest BCUT2D eigenvalue weighted by Crippen LogP contribution is -2.20. The first kappa shape index (κ1) is 13.8. The molecule has 0 bridgehead atoms. The first-order chi connectivity index (χ1) is 6.48. The van der Waals surface area contributed by atoms with Gasteiger partial charge in [0.25, 0.3) is 0 Å². The van der Waals surface area contributed by atoms with Crippen LogP contribution in [0.1, 0.15) is 52.9 Å². The third-order valence-electron chi connectivity index (χ3n) is 2.26. The summed E-state index contributed by atoms with van der Waals surface area (Å²) in [6, 6.07) is 0. The molecule has 0 saturated carbocycles. The number of hydrogen-bond acceptors (Lipinski definition) is 3. The van der Waals surface area contributed by atoms with Crippen LogP contribution in [0, 0.1) is 0 Å². The van der Waals surface area contributed by atoms with Crippen molar-refractivity contribution in [3.05, 3.63) is 0 Å². The lowest BCUT2D eigenvalue weighted by Gasteiger charge is -2.22. The molecule has 1 atom stereocenters. The largest absolute Gasteiger partial charge is 0.466 e. The molecular weight excluding hydrogens is 196 g/mol. The predicted molar refractivity (Wildman–Crippen MR) is 62.8 cm³/mol. The fraction of sp³-hybridized carbons (Fsp3) is 0.909. The third kappa shape index (κ3) is 8.42. The average molecular weight is 218 g/mol. The third-order valence-corrected chi connectivity index (χ3v) is 2.71. The molecule has 0 aliphatic heterocycles. The van der Waals surface area contributed by atoms with Crippen LogP contribution < -0.4 is 0 Å². The standard InChI is InChI=1S/C11H22O2S/c1-4-5-6-7-11(3,14)8-9-13-10(2)12/h14H,4-9H2,1-3H3. The number of rotatable bonds is 7. The van der Waals surface area contributed by atoms with Crippen molar-refractivity contribution in [1.82, 2.24) is 0 Å². The van der Waals surface area contributed by atoms with Crippen molar-refractivity contribution in [1.29, 1.82) is 0 Å². The summed E-state index contributed by atoms with van der Waals surface area (Å²) in [5, 5.41) is 0. The zero-order chi connectivity index (χ0) is 11.0. The first-order valence-electron chi connectivity index (χ1n) is 5.33. The Morgan fingerprint density at radius 2 is 2.00 bits per heavy atom. The normalized spacial score (nSPS) is 14.9. The van der Waals surface area contributed by atoms with E-state index in [0.29, 0.717) is 6.61 Å². The van der Waals surface area contributed by atoms with Gasteiger partial charge in [-0.05, 0) is 12.8 Å². The zero-order valence-electron chi connectivity index (χ0n) is 9.51. The van der Waals surface area contributed by atoms with Gasteiger partial charge in [0.05, 0.1) is 6.61 Å². The minimum Gasteiger partial charge on any atom is -0.466 e. The summed E-state index contributed by atoms with van der Waals surface area (Å²) in [6.07, 6.45) is 5.61. The van der Waals surface area contributed by atoms with E-state index in [2.05, 4.69) is 26.5 Å². The molecule has 0 fully saturated rings. The molecule has 14 heavy (non-hydrogen) atoms. The Morgan fingerprint density at radius 1 is 1.36 bits per heavy atom. The van der Waals surface area contributed by atoms with Gasteiger partial charge in [0.15, 0.2) is 0 Å². The number of unbranched alkanes of at least 4 members (excludes halogenated alkanes) is 2. The Bertz CT molecular complexity index is 167. The van der Waals surface area contributed by atoms with Crippen molar-refractivity contribution in [2.24, 2.45) is 0 Å². The maximum atomic E-state index is 10.5. The van der Waals surface area contributed by atoms with Crippen molar-refractivity contribution in [2.75, 3.05) is 6.61 Å². The summed E-state index contributed by atoms with van der Waals surface area (Å²) in [7, 11) is 0. The summed E-state index contributed by atoms with van der Waals surface area (Å²) >= 11 is 4.57. The van der Waals surface area contributed by atoms with Crippen LogP contribution in [0.25, 0.3) is 0 Å². The summed E-state index contributed by atoms with van der Waals surface area (Å²) in [5.41, 5.74) is 0. The van der Waals surface area contributed by atoms with Gasteiger partial charge in [0, 0.05) is 11.7 Å². The maximum Gasteiger partial charge on any atom is 0.302 e. The highest BCUT2D eigenvalue weighted by atomic mass is 32.1. The Hall–Kier alpha value is -0.180. The van der Waals surface area contributed by atoms with Crippen molar-refractivity contribution in [3.8, 4) is 0 Å². The second kappa shape index (κ2) is 7.16. The van der Waals surface area contributed by atoms with Gasteiger partial charge in [-0.15, -0.1) is 0 Å². The molecule has 0 aromatic rings. The molecule has 0 spiro atoms. The Balaban J connectivity index is 3.55. The van der Waals surface area contributed by atoms with E-state index in [-0.39, 0.29) is 10.7 Å². The van der Waals surface area contributed by atoms with E-state index in [1.165, 1.54) is 26.2 Å². The van der Waals surface area contributed by atoms with Crippen molar-refractivity contribution < 1.29 is 9.53 Å². The van der Waals surface area contributed by atoms with Crippen LogP contribution in [-0.2, 0) is 9.53 Å². The number of thiol groups is 1. The van der Waals surface area contributed by atoms with Gasteiger partial charge in [-0.1, -0.05) is 33.1 Å². The lowest BCUT2D eigenvalue weighted by molar-refractivity contribution is -0.141. The molecular formula is C11H22O2S. The van der Waals surface area contributed by atoms with Gasteiger partial charge < -0.3 is 4.74 Å². The second-order valence-electron chi connectivity index (χ2n) is 4.04. The smallest absolute Gasteiger partial charge is 0.302 e. The van der Waals surface area contributed by atoms with Gasteiger partial charge in [-0.25, -0.2) is 0 Å². The summed E-state index contributed by atoms with van der Waals surface area (Å²) in [5.74, 6) is -0.206. The molecule has 3 heteroatoms. The van der Waals surface area contributed by atoms with E-state index in [9.17, 15) is 4.79 Å². The van der Waals surface area contributed by atoms with E-state index in [4.69, 9.17) is 4.74 Å². The molecule has 0 N–H and O–H groups in total. The predicted octanol–water partition coefficient (Wildman–Crippen LogP) is 3.21. The van der Waals surface area contributed by atoms with Gasteiger partial charge in [-0.2, -0.15) is 12.6 Å². The molecule has 0 rings (SSSR count). The fourth-order valence-corrected chi connectivity index (χ4v) is 1.54. The van der Waals surface area contributed by atoms with Gasteiger partial charge in [0.1, 0.15) is 0 Å². The van der Waals surface area contributed by atoms with E-state index in [0.717, 1.165) is 12.8 Å². The van der Waals surface area contributed by atoms with E-state index in [1.807, 2.05) is 0 Å². The highest BCUT2D eigenvalue weighted by Gasteiger charge is 2.18. The van der Waals surface area contributed by atoms with Crippen LogP contribution in [-0.4, -0.2) is 17.3 Å². The van der Waals surface area contributed by atoms with E-state index >= 15 is 0 Å². The van der Waals surface area contributed by atoms with Crippen LogP contribution >= 0.6 is 12.6 Å². The molecule has 0 heterocycles. The Labute approximate surface area is 92.8 Å². The monoisotopic (exact) mass is 218 g/mol. The molecule has 1 unspecified atom stereocenters. The zero-order valence-corrected chi connectivity index (χ0v) is 10.4. The topological polar surface area (TPSA) is 26.3 Å². The second-order valence-corrected chi connectivity index (χ2v) is 5.12. The maximum absolute atomic E-state index is 10.5. The Morgan fingerprint density at radius 3 is 2.50 bits per heavy atom. The first-order valence-corrected chi connectivity index (χ1v) is 5.78. The number of carbonyl (C=O) groups excluding carboxylic acids is 1. The molecule has 84 valence electrons.